The minimum Gasteiger partial charge on any atom is -0.478 e. The molecule has 0 saturated carbocycles. The Hall–Kier alpha value is -2.25. The lowest BCUT2D eigenvalue weighted by molar-refractivity contribution is 0.0696. The van der Waals surface area contributed by atoms with E-state index in [9.17, 15) is 13.2 Å². The van der Waals surface area contributed by atoms with Crippen molar-refractivity contribution in [3.63, 3.8) is 0 Å². The zero-order valence-corrected chi connectivity index (χ0v) is 12.1. The molecule has 7 heteroatoms. The van der Waals surface area contributed by atoms with Crippen LogP contribution in [-0.2, 0) is 16.6 Å². The molecule has 0 amide bonds. The molecule has 21 heavy (non-hydrogen) atoms. The summed E-state index contributed by atoms with van der Waals surface area (Å²) in [6, 6.07) is 9.18. The van der Waals surface area contributed by atoms with Crippen LogP contribution in [0.2, 0.25) is 0 Å². The molecule has 0 aliphatic heterocycles. The smallest absolute Gasteiger partial charge is 0.335 e. The molecule has 0 saturated heterocycles. The third kappa shape index (κ3) is 3.65. The van der Waals surface area contributed by atoms with E-state index in [2.05, 4.69) is 9.71 Å². The Balaban J connectivity index is 2.27. The number of carbonyl (C=O) groups is 1. The van der Waals surface area contributed by atoms with Crippen molar-refractivity contribution >= 4 is 16.0 Å². The third-order valence-electron chi connectivity index (χ3n) is 2.89. The van der Waals surface area contributed by atoms with Crippen LogP contribution in [0.15, 0.2) is 47.5 Å². The normalized spacial score (nSPS) is 11.3. The zero-order chi connectivity index (χ0) is 15.5. The fourth-order valence-electron chi connectivity index (χ4n) is 1.77. The van der Waals surface area contributed by atoms with Gasteiger partial charge in [0.25, 0.3) is 0 Å². The molecule has 1 heterocycles. The third-order valence-corrected chi connectivity index (χ3v) is 4.44. The number of aryl methyl sites for hydroxylation is 1. The Morgan fingerprint density at radius 3 is 2.67 bits per heavy atom. The number of nitrogens with one attached hydrogen (secondary N) is 1. The highest BCUT2D eigenvalue weighted by Gasteiger charge is 2.18. The van der Waals surface area contributed by atoms with E-state index < -0.39 is 16.0 Å². The van der Waals surface area contributed by atoms with Gasteiger partial charge in [0.1, 0.15) is 0 Å². The topological polar surface area (TPSA) is 96.4 Å². The number of hydrogen-bond donors (Lipinski definition) is 2. The summed E-state index contributed by atoms with van der Waals surface area (Å²) in [6.45, 7) is 1.65. The largest absolute Gasteiger partial charge is 0.478 e. The van der Waals surface area contributed by atoms with E-state index in [1.54, 1.807) is 31.3 Å². The summed E-state index contributed by atoms with van der Waals surface area (Å²) in [5, 5.41) is 8.95. The average molecular weight is 306 g/mol. The van der Waals surface area contributed by atoms with E-state index in [-0.39, 0.29) is 17.0 Å². The predicted octanol–water partition coefficient (Wildman–Crippen LogP) is 1.57. The van der Waals surface area contributed by atoms with Crippen molar-refractivity contribution in [2.24, 2.45) is 0 Å². The van der Waals surface area contributed by atoms with Crippen LogP contribution in [0.3, 0.4) is 0 Å². The Kier molecular flexibility index (Phi) is 4.35. The maximum atomic E-state index is 12.3. The molecule has 0 fully saturated rings. The number of rotatable bonds is 5. The lowest BCUT2D eigenvalue weighted by atomic mass is 10.1. The minimum absolute atomic E-state index is 0.0416. The maximum absolute atomic E-state index is 12.3. The Morgan fingerprint density at radius 2 is 2.05 bits per heavy atom. The van der Waals surface area contributed by atoms with Crippen molar-refractivity contribution < 1.29 is 18.3 Å². The molecular weight excluding hydrogens is 292 g/mol. The van der Waals surface area contributed by atoms with E-state index in [0.717, 1.165) is 6.07 Å². The van der Waals surface area contributed by atoms with Crippen LogP contribution < -0.4 is 4.72 Å². The Bertz CT molecular complexity index is 758. The minimum atomic E-state index is -3.80. The SMILES string of the molecule is Cc1ccc(C(=O)O)cc1S(=O)(=O)NCc1ccccn1. The Morgan fingerprint density at radius 1 is 1.29 bits per heavy atom. The van der Waals surface area contributed by atoms with E-state index >= 15 is 0 Å². The van der Waals surface area contributed by atoms with Crippen LogP contribution in [0.5, 0.6) is 0 Å². The molecule has 0 spiro atoms. The molecule has 0 unspecified atom stereocenters. The number of benzene rings is 1. The van der Waals surface area contributed by atoms with Gasteiger partial charge in [-0.15, -0.1) is 0 Å². The van der Waals surface area contributed by atoms with Gasteiger partial charge in [-0.25, -0.2) is 17.9 Å². The molecule has 0 bridgehead atoms. The van der Waals surface area contributed by atoms with Crippen LogP contribution in [-0.4, -0.2) is 24.5 Å². The lowest BCUT2D eigenvalue weighted by Gasteiger charge is -2.10. The average Bonchev–Trinajstić information content (AvgIpc) is 2.46. The molecule has 0 atom stereocenters. The number of sulfonamides is 1. The molecule has 0 aliphatic rings. The maximum Gasteiger partial charge on any atom is 0.335 e. The first-order valence-electron chi connectivity index (χ1n) is 6.13. The van der Waals surface area contributed by atoms with Crippen molar-refractivity contribution in [1.29, 1.82) is 0 Å². The summed E-state index contributed by atoms with van der Waals surface area (Å²) in [6.07, 6.45) is 1.57. The van der Waals surface area contributed by atoms with Crippen molar-refractivity contribution in [3.05, 3.63) is 59.4 Å². The van der Waals surface area contributed by atoms with Gasteiger partial charge >= 0.3 is 5.97 Å². The molecule has 2 rings (SSSR count). The first-order chi connectivity index (χ1) is 9.90. The van der Waals surface area contributed by atoms with E-state index in [1.807, 2.05) is 0 Å². The zero-order valence-electron chi connectivity index (χ0n) is 11.3. The highest BCUT2D eigenvalue weighted by molar-refractivity contribution is 7.89. The summed E-state index contributed by atoms with van der Waals surface area (Å²) in [5.41, 5.74) is 0.987. The van der Waals surface area contributed by atoms with Gasteiger partial charge in [-0.2, -0.15) is 0 Å². The second-order valence-corrected chi connectivity index (χ2v) is 6.17. The molecule has 2 N–H and O–H groups in total. The molecular formula is C14H14N2O4S. The molecule has 0 aliphatic carbocycles. The fourth-order valence-corrected chi connectivity index (χ4v) is 3.04. The highest BCUT2D eigenvalue weighted by atomic mass is 32.2. The molecule has 0 radical (unpaired) electrons. The number of pyridine rings is 1. The monoisotopic (exact) mass is 306 g/mol. The quantitative estimate of drug-likeness (QED) is 0.874. The van der Waals surface area contributed by atoms with Gasteiger partial charge in [-0.05, 0) is 36.8 Å². The van der Waals surface area contributed by atoms with Gasteiger partial charge in [-0.3, -0.25) is 4.98 Å². The second-order valence-electron chi connectivity index (χ2n) is 4.43. The molecule has 110 valence electrons. The lowest BCUT2D eigenvalue weighted by Crippen LogP contribution is -2.24. The van der Waals surface area contributed by atoms with Gasteiger partial charge < -0.3 is 5.11 Å². The summed E-state index contributed by atoms with van der Waals surface area (Å²) in [5.74, 6) is -1.17. The number of aromatic nitrogens is 1. The van der Waals surface area contributed by atoms with Gasteiger partial charge in [0, 0.05) is 6.20 Å². The number of hydrogen-bond acceptors (Lipinski definition) is 4. The standard InChI is InChI=1S/C14H14N2O4S/c1-10-5-6-11(14(17)18)8-13(10)21(19,20)16-9-12-4-2-3-7-15-12/h2-8,16H,9H2,1H3,(H,17,18). The van der Waals surface area contributed by atoms with E-state index in [0.29, 0.717) is 11.3 Å². The van der Waals surface area contributed by atoms with Crippen molar-refractivity contribution in [2.75, 3.05) is 0 Å². The highest BCUT2D eigenvalue weighted by Crippen LogP contribution is 2.17. The predicted molar refractivity (Wildman–Crippen MR) is 76.4 cm³/mol. The number of nitrogens with zero attached hydrogens (tertiary/aromatic N) is 1. The van der Waals surface area contributed by atoms with E-state index in [1.165, 1.54) is 12.1 Å². The van der Waals surface area contributed by atoms with Crippen LogP contribution in [0.1, 0.15) is 21.6 Å². The summed E-state index contributed by atoms with van der Waals surface area (Å²) in [4.78, 5) is 14.9. The number of aromatic carboxylic acids is 1. The van der Waals surface area contributed by atoms with Crippen LogP contribution in [0.4, 0.5) is 0 Å². The first-order valence-corrected chi connectivity index (χ1v) is 7.62. The number of carboxylic acid groups (broad SMARTS) is 1. The number of carboxylic acids is 1. The van der Waals surface area contributed by atoms with Crippen molar-refractivity contribution in [1.82, 2.24) is 9.71 Å². The summed E-state index contributed by atoms with van der Waals surface area (Å²) < 4.78 is 27.0. The Labute approximate surface area is 122 Å². The first kappa shape index (κ1) is 15.1. The molecule has 1 aromatic carbocycles. The van der Waals surface area contributed by atoms with Gasteiger partial charge in [0.2, 0.25) is 10.0 Å². The molecule has 6 nitrogen and oxygen atoms in total. The van der Waals surface area contributed by atoms with Crippen LogP contribution in [0.25, 0.3) is 0 Å². The van der Waals surface area contributed by atoms with Crippen LogP contribution >= 0.6 is 0 Å². The second kappa shape index (κ2) is 6.02. The fraction of sp³-hybridized carbons (Fsp3) is 0.143. The summed E-state index contributed by atoms with van der Waals surface area (Å²) in [7, 11) is -3.80. The molecule has 2 aromatic rings. The van der Waals surface area contributed by atoms with Gasteiger partial charge in [0.05, 0.1) is 22.7 Å². The van der Waals surface area contributed by atoms with Gasteiger partial charge in [-0.1, -0.05) is 12.1 Å². The van der Waals surface area contributed by atoms with E-state index in [4.69, 9.17) is 5.11 Å². The molecule has 1 aromatic heterocycles. The van der Waals surface area contributed by atoms with Crippen molar-refractivity contribution in [2.45, 2.75) is 18.4 Å². The van der Waals surface area contributed by atoms with Crippen molar-refractivity contribution in [3.8, 4) is 0 Å². The summed E-state index contributed by atoms with van der Waals surface area (Å²) >= 11 is 0. The van der Waals surface area contributed by atoms with Crippen LogP contribution in [0, 0.1) is 6.92 Å². The van der Waals surface area contributed by atoms with Gasteiger partial charge in [0.15, 0.2) is 0 Å².